The molecule has 0 aromatic carbocycles. The monoisotopic (exact) mass is 325 g/mol. The molecule has 7 heteroatoms. The van der Waals surface area contributed by atoms with Crippen LogP contribution in [0.3, 0.4) is 0 Å². The van der Waals surface area contributed by atoms with Crippen LogP contribution in [0.15, 0.2) is 0 Å². The fraction of sp³-hybridized carbons (Fsp3) is 1.00. The van der Waals surface area contributed by atoms with E-state index in [-0.39, 0.29) is 1.43 Å². The molecule has 0 aromatic rings. The molecule has 0 spiro atoms. The Balaban J connectivity index is 0. The molecule has 0 bridgehead atoms. The summed E-state index contributed by atoms with van der Waals surface area (Å²) in [5.41, 5.74) is 5.29. The van der Waals surface area contributed by atoms with Crippen molar-refractivity contribution >= 4 is 0 Å². The van der Waals surface area contributed by atoms with Gasteiger partial charge in [-0.25, -0.2) is 0 Å². The number of rotatable bonds is 19. The van der Waals surface area contributed by atoms with Crippen LogP contribution >= 0.6 is 0 Å². The van der Waals surface area contributed by atoms with Crippen molar-refractivity contribution in [3.8, 4) is 0 Å². The zero-order valence-corrected chi connectivity index (χ0v) is 13.9. The summed E-state index contributed by atoms with van der Waals surface area (Å²) < 4.78 is 31.9. The summed E-state index contributed by atoms with van der Waals surface area (Å²) in [6, 6.07) is 0. The van der Waals surface area contributed by atoms with E-state index in [2.05, 4.69) is 6.92 Å². The Hall–Kier alpha value is -0.280. The zero-order chi connectivity index (χ0) is 16.1. The van der Waals surface area contributed by atoms with E-state index in [1.165, 1.54) is 0 Å². The molecule has 0 amide bonds. The molecule has 0 aliphatic carbocycles. The summed E-state index contributed by atoms with van der Waals surface area (Å²) in [6.07, 6.45) is 1.04. The highest BCUT2D eigenvalue weighted by Crippen LogP contribution is 1.85. The van der Waals surface area contributed by atoms with Crippen LogP contribution in [-0.4, -0.2) is 85.8 Å². The van der Waals surface area contributed by atoms with Gasteiger partial charge < -0.3 is 34.2 Å². The van der Waals surface area contributed by atoms with E-state index < -0.39 is 0 Å². The minimum atomic E-state index is 0. The smallest absolute Gasteiger partial charge is 0.0701 e. The van der Waals surface area contributed by atoms with Crippen molar-refractivity contribution in [3.63, 3.8) is 0 Å². The van der Waals surface area contributed by atoms with Gasteiger partial charge in [0.2, 0.25) is 0 Å². The molecule has 0 radical (unpaired) electrons. The van der Waals surface area contributed by atoms with E-state index in [0.29, 0.717) is 79.2 Å². The summed E-state index contributed by atoms with van der Waals surface area (Å²) in [4.78, 5) is 0. The Morgan fingerprint density at radius 2 is 0.773 bits per heavy atom. The van der Waals surface area contributed by atoms with Gasteiger partial charge >= 0.3 is 0 Å². The van der Waals surface area contributed by atoms with Gasteiger partial charge in [-0.3, -0.25) is 0 Å². The molecule has 136 valence electrons. The first-order chi connectivity index (χ1) is 10.9. The Kier molecular flexibility index (Phi) is 20.5. The lowest BCUT2D eigenvalue weighted by molar-refractivity contribution is -0.0163. The first-order valence-corrected chi connectivity index (χ1v) is 8.08. The average Bonchev–Trinajstić information content (AvgIpc) is 2.54. The maximum atomic E-state index is 5.37. The Morgan fingerprint density at radius 1 is 0.500 bits per heavy atom. The lowest BCUT2D eigenvalue weighted by Crippen LogP contribution is -2.15. The third kappa shape index (κ3) is 19.7. The second-order valence-corrected chi connectivity index (χ2v) is 4.46. The van der Waals surface area contributed by atoms with Crippen molar-refractivity contribution in [2.75, 3.05) is 85.8 Å². The molecule has 0 aliphatic rings. The van der Waals surface area contributed by atoms with Gasteiger partial charge in [0.25, 0.3) is 0 Å². The lowest BCUT2D eigenvalue weighted by atomic mass is 10.5. The predicted octanol–water partition coefficient (Wildman–Crippen LogP) is 0.701. The van der Waals surface area contributed by atoms with Gasteiger partial charge in [0.1, 0.15) is 0 Å². The molecular weight excluding hydrogens is 290 g/mol. The molecule has 0 saturated heterocycles. The number of hydrogen-bond acceptors (Lipinski definition) is 7. The van der Waals surface area contributed by atoms with Crippen LogP contribution in [0.2, 0.25) is 0 Å². The fourth-order valence-electron chi connectivity index (χ4n) is 1.43. The van der Waals surface area contributed by atoms with Gasteiger partial charge in [-0.05, 0) is 6.42 Å². The molecule has 2 N–H and O–H groups in total. The molecule has 0 aliphatic heterocycles. The molecule has 0 rings (SSSR count). The maximum Gasteiger partial charge on any atom is 0.0701 e. The Morgan fingerprint density at radius 3 is 1.05 bits per heavy atom. The minimum Gasteiger partial charge on any atom is -0.379 e. The van der Waals surface area contributed by atoms with Crippen LogP contribution in [0.5, 0.6) is 0 Å². The second-order valence-electron chi connectivity index (χ2n) is 4.46. The van der Waals surface area contributed by atoms with Gasteiger partial charge in [-0.2, -0.15) is 0 Å². The van der Waals surface area contributed by atoms with E-state index in [0.717, 1.165) is 13.0 Å². The van der Waals surface area contributed by atoms with Crippen molar-refractivity contribution in [3.05, 3.63) is 0 Å². The fourth-order valence-corrected chi connectivity index (χ4v) is 1.43. The standard InChI is InChI=1S/C15H33NO6.H2/c1-2-4-17-6-8-19-10-12-21-14-15-22-13-11-20-9-7-18-5-3-16;/h2-16H2,1H3;1H. The molecule has 0 heterocycles. The maximum absolute atomic E-state index is 5.37. The minimum absolute atomic E-state index is 0. The number of hydrogen-bond donors (Lipinski definition) is 1. The molecule has 0 unspecified atom stereocenters. The average molecular weight is 325 g/mol. The highest BCUT2D eigenvalue weighted by molar-refractivity contribution is 4.37. The summed E-state index contributed by atoms with van der Waals surface area (Å²) in [5.74, 6) is 0. The molecule has 0 aromatic heterocycles. The van der Waals surface area contributed by atoms with E-state index in [4.69, 9.17) is 34.2 Å². The molecule has 0 saturated carbocycles. The molecule has 7 nitrogen and oxygen atoms in total. The van der Waals surface area contributed by atoms with Crippen LogP contribution in [0.4, 0.5) is 0 Å². The van der Waals surface area contributed by atoms with Gasteiger partial charge in [-0.1, -0.05) is 6.92 Å². The highest BCUT2D eigenvalue weighted by atomic mass is 16.6. The second kappa shape index (κ2) is 20.7. The Labute approximate surface area is 135 Å². The largest absolute Gasteiger partial charge is 0.379 e. The summed E-state index contributed by atoms with van der Waals surface area (Å²) >= 11 is 0. The first-order valence-electron chi connectivity index (χ1n) is 8.08. The van der Waals surface area contributed by atoms with Crippen LogP contribution in [0.25, 0.3) is 0 Å². The topological polar surface area (TPSA) is 81.4 Å². The molecule has 0 atom stereocenters. The van der Waals surface area contributed by atoms with E-state index in [9.17, 15) is 0 Å². The van der Waals surface area contributed by atoms with Crippen molar-refractivity contribution in [2.45, 2.75) is 13.3 Å². The van der Waals surface area contributed by atoms with Gasteiger partial charge in [0, 0.05) is 14.6 Å². The third-order valence-electron chi connectivity index (χ3n) is 2.47. The normalized spacial score (nSPS) is 11.2. The van der Waals surface area contributed by atoms with Crippen molar-refractivity contribution in [1.82, 2.24) is 0 Å². The number of ether oxygens (including phenoxy) is 6. The Bertz CT molecular complexity index is 183. The van der Waals surface area contributed by atoms with Crippen molar-refractivity contribution in [1.29, 1.82) is 0 Å². The van der Waals surface area contributed by atoms with Crippen LogP contribution in [0.1, 0.15) is 14.8 Å². The van der Waals surface area contributed by atoms with Crippen molar-refractivity contribution < 1.29 is 29.8 Å². The summed E-state index contributed by atoms with van der Waals surface area (Å²) in [7, 11) is 0. The van der Waals surface area contributed by atoms with Gasteiger partial charge in [0.05, 0.1) is 72.7 Å². The van der Waals surface area contributed by atoms with Crippen LogP contribution in [-0.2, 0) is 28.4 Å². The number of nitrogens with two attached hydrogens (primary N) is 1. The molecular formula is C15H35NO6. The lowest BCUT2D eigenvalue weighted by Gasteiger charge is -2.08. The van der Waals surface area contributed by atoms with Gasteiger partial charge in [-0.15, -0.1) is 0 Å². The first kappa shape index (κ1) is 21.7. The van der Waals surface area contributed by atoms with E-state index in [1.807, 2.05) is 0 Å². The van der Waals surface area contributed by atoms with Crippen LogP contribution in [0, 0.1) is 0 Å². The predicted molar refractivity (Wildman–Crippen MR) is 86.4 cm³/mol. The van der Waals surface area contributed by atoms with E-state index >= 15 is 0 Å². The third-order valence-corrected chi connectivity index (χ3v) is 2.47. The highest BCUT2D eigenvalue weighted by Gasteiger charge is 1.93. The summed E-state index contributed by atoms with van der Waals surface area (Å²) in [5, 5.41) is 0. The molecule has 22 heavy (non-hydrogen) atoms. The molecule has 0 fully saturated rings. The summed E-state index contributed by atoms with van der Waals surface area (Å²) in [6.45, 7) is 9.81. The van der Waals surface area contributed by atoms with Crippen LogP contribution < -0.4 is 5.73 Å². The quantitative estimate of drug-likeness (QED) is 0.350. The van der Waals surface area contributed by atoms with Crippen molar-refractivity contribution in [2.24, 2.45) is 5.73 Å². The van der Waals surface area contributed by atoms with Gasteiger partial charge in [0.15, 0.2) is 0 Å². The zero-order valence-electron chi connectivity index (χ0n) is 13.9. The van der Waals surface area contributed by atoms with E-state index in [1.54, 1.807) is 0 Å². The SMILES string of the molecule is CCCOCCOCCOCCOCCOCCOCCN.[HH].